The van der Waals surface area contributed by atoms with E-state index in [1.54, 1.807) is 27.0 Å². The number of nitrogens with two attached hydrogens (primary N) is 1. The highest BCUT2D eigenvalue weighted by molar-refractivity contribution is 5.98. The molecule has 0 unspecified atom stereocenters. The van der Waals surface area contributed by atoms with Crippen molar-refractivity contribution in [1.82, 2.24) is 9.88 Å². The molecule has 3 N–H and O–H groups in total. The zero-order valence-electron chi connectivity index (χ0n) is 15.2. The number of nitrogens with zero attached hydrogens (tertiary/aromatic N) is 2. The zero-order chi connectivity index (χ0) is 18.9. The molecule has 0 spiro atoms. The molecule has 2 heterocycles. The van der Waals surface area contributed by atoms with E-state index < -0.39 is 17.7 Å². The lowest BCUT2D eigenvalue weighted by molar-refractivity contribution is -0.120. The monoisotopic (exact) mass is 356 g/mol. The van der Waals surface area contributed by atoms with Crippen molar-refractivity contribution >= 4 is 28.6 Å². The Kier molecular flexibility index (Phi) is 4.82. The Balaban J connectivity index is 1.75. The van der Waals surface area contributed by atoms with Crippen molar-refractivity contribution in [3.63, 3.8) is 0 Å². The maximum atomic E-state index is 12.7. The predicted molar refractivity (Wildman–Crippen MR) is 99.7 cm³/mol. The number of para-hydroxylation sites is 1. The number of carbonyl (C=O) groups is 2. The first-order chi connectivity index (χ1) is 12.2. The topological polar surface area (TPSA) is 97.5 Å². The minimum atomic E-state index is -0.661. The van der Waals surface area contributed by atoms with Crippen LogP contribution in [0.4, 0.5) is 10.5 Å². The summed E-state index contributed by atoms with van der Waals surface area (Å²) in [6.45, 7) is 5.66. The number of hydrogen-bond acceptors (Lipinski definition) is 5. The third kappa shape index (κ3) is 4.11. The summed E-state index contributed by atoms with van der Waals surface area (Å²) in [5, 5.41) is 3.77. The van der Waals surface area contributed by atoms with Gasteiger partial charge < -0.3 is 15.8 Å². The molecule has 0 saturated carbocycles. The summed E-state index contributed by atoms with van der Waals surface area (Å²) in [4.78, 5) is 30.9. The fourth-order valence-electron chi connectivity index (χ4n) is 3.00. The van der Waals surface area contributed by atoms with Crippen LogP contribution in [0.2, 0.25) is 0 Å². The van der Waals surface area contributed by atoms with Gasteiger partial charge in [0.2, 0.25) is 5.91 Å². The van der Waals surface area contributed by atoms with Gasteiger partial charge in [-0.2, -0.15) is 0 Å². The quantitative estimate of drug-likeness (QED) is 0.862. The maximum absolute atomic E-state index is 12.7. The van der Waals surface area contributed by atoms with Crippen LogP contribution in [0, 0.1) is 0 Å². The molecule has 0 radical (unpaired) electrons. The van der Waals surface area contributed by atoms with E-state index >= 15 is 0 Å². The number of ether oxygens (including phenoxy) is 1. The van der Waals surface area contributed by atoms with Gasteiger partial charge in [0, 0.05) is 18.0 Å². The van der Waals surface area contributed by atoms with Crippen LogP contribution in [0.15, 0.2) is 36.5 Å². The molecule has 2 aromatic rings. The first-order valence-corrected chi connectivity index (χ1v) is 8.64. The van der Waals surface area contributed by atoms with Crippen molar-refractivity contribution < 1.29 is 14.3 Å². The van der Waals surface area contributed by atoms with Gasteiger partial charge in [-0.25, -0.2) is 4.79 Å². The fraction of sp³-hybridized carbons (Fsp3) is 0.421. The van der Waals surface area contributed by atoms with Gasteiger partial charge in [0.25, 0.3) is 0 Å². The Morgan fingerprint density at radius 2 is 2.04 bits per heavy atom. The molecule has 2 amide bonds. The lowest BCUT2D eigenvalue weighted by Gasteiger charge is -2.27. The first kappa shape index (κ1) is 18.1. The van der Waals surface area contributed by atoms with Crippen LogP contribution in [0.1, 0.15) is 27.2 Å². The average Bonchev–Trinajstić information content (AvgIpc) is 2.95. The van der Waals surface area contributed by atoms with Gasteiger partial charge in [0.15, 0.2) is 0 Å². The second-order valence-corrected chi connectivity index (χ2v) is 7.55. The van der Waals surface area contributed by atoms with Crippen LogP contribution in [-0.4, -0.2) is 46.1 Å². The Morgan fingerprint density at radius 3 is 2.77 bits per heavy atom. The van der Waals surface area contributed by atoms with E-state index in [1.807, 2.05) is 30.3 Å². The third-order valence-corrected chi connectivity index (χ3v) is 4.12. The summed E-state index contributed by atoms with van der Waals surface area (Å²) in [6.07, 6.45) is 1.47. The molecule has 1 aromatic carbocycles. The highest BCUT2D eigenvalue weighted by Gasteiger charge is 2.40. The minimum Gasteiger partial charge on any atom is -0.444 e. The number of amides is 2. The second kappa shape index (κ2) is 6.92. The first-order valence-electron chi connectivity index (χ1n) is 8.64. The molecule has 2 atom stereocenters. The molecule has 0 aliphatic carbocycles. The van der Waals surface area contributed by atoms with Gasteiger partial charge in [0.1, 0.15) is 11.6 Å². The number of pyridine rings is 1. The summed E-state index contributed by atoms with van der Waals surface area (Å²) in [5.41, 5.74) is 6.78. The van der Waals surface area contributed by atoms with Gasteiger partial charge in [0.05, 0.1) is 17.4 Å². The van der Waals surface area contributed by atoms with Gasteiger partial charge in [-0.3, -0.25) is 14.7 Å². The van der Waals surface area contributed by atoms with E-state index in [-0.39, 0.29) is 11.9 Å². The number of carbonyl (C=O) groups excluding carboxylic acids is 2. The molecule has 1 aromatic heterocycles. The van der Waals surface area contributed by atoms with Gasteiger partial charge >= 0.3 is 6.09 Å². The fourth-order valence-corrected chi connectivity index (χ4v) is 3.00. The molecule has 1 fully saturated rings. The number of likely N-dealkylation sites (tertiary alicyclic amines) is 1. The summed E-state index contributed by atoms with van der Waals surface area (Å²) in [5.74, 6) is -0.291. The number of nitrogens with one attached hydrogen (secondary N) is 1. The van der Waals surface area contributed by atoms with Crippen LogP contribution < -0.4 is 11.1 Å². The van der Waals surface area contributed by atoms with Crippen molar-refractivity contribution in [3.05, 3.63) is 36.5 Å². The maximum Gasteiger partial charge on any atom is 0.411 e. The van der Waals surface area contributed by atoms with Gasteiger partial charge in [-0.15, -0.1) is 0 Å². The van der Waals surface area contributed by atoms with E-state index in [0.29, 0.717) is 18.7 Å². The van der Waals surface area contributed by atoms with E-state index in [9.17, 15) is 9.59 Å². The summed E-state index contributed by atoms with van der Waals surface area (Å²) in [6, 6.07) is 8.59. The van der Waals surface area contributed by atoms with Crippen molar-refractivity contribution in [2.24, 2.45) is 5.73 Å². The largest absolute Gasteiger partial charge is 0.444 e. The number of aromatic nitrogens is 1. The van der Waals surface area contributed by atoms with E-state index in [2.05, 4.69) is 10.3 Å². The molecule has 0 bridgehead atoms. The predicted octanol–water partition coefficient (Wildman–Crippen LogP) is 2.51. The third-order valence-electron chi connectivity index (χ3n) is 4.12. The number of hydrogen-bond donors (Lipinski definition) is 2. The SMILES string of the molecule is CC(C)(C)OC(=O)N1C[C@H](N)C[C@H]1C(=O)Nc1cnc2ccccc2c1. The van der Waals surface area contributed by atoms with Crippen molar-refractivity contribution in [1.29, 1.82) is 0 Å². The summed E-state index contributed by atoms with van der Waals surface area (Å²) >= 11 is 0. The molecule has 1 aliphatic heterocycles. The average molecular weight is 356 g/mol. The van der Waals surface area contributed by atoms with Crippen LogP contribution in [0.3, 0.4) is 0 Å². The summed E-state index contributed by atoms with van der Waals surface area (Å²) < 4.78 is 5.40. The lowest BCUT2D eigenvalue weighted by atomic mass is 10.1. The Bertz CT molecular complexity index is 831. The smallest absolute Gasteiger partial charge is 0.411 e. The standard InChI is InChI=1S/C19H24N4O3/c1-19(2,3)26-18(25)23-11-13(20)9-16(23)17(24)22-14-8-12-6-4-5-7-15(12)21-10-14/h4-8,10,13,16H,9,11,20H2,1-3H3,(H,22,24)/t13-,16+/m1/s1. The van der Waals surface area contributed by atoms with E-state index in [0.717, 1.165) is 10.9 Å². The second-order valence-electron chi connectivity index (χ2n) is 7.55. The molecule has 7 heteroatoms. The van der Waals surface area contributed by atoms with Crippen molar-refractivity contribution in [2.75, 3.05) is 11.9 Å². The highest BCUT2D eigenvalue weighted by atomic mass is 16.6. The summed E-state index contributed by atoms with van der Waals surface area (Å²) in [7, 11) is 0. The molecular weight excluding hydrogens is 332 g/mol. The van der Waals surface area contributed by atoms with Crippen LogP contribution in [-0.2, 0) is 9.53 Å². The molecule has 1 saturated heterocycles. The lowest BCUT2D eigenvalue weighted by Crippen LogP contribution is -2.45. The molecular formula is C19H24N4O3. The van der Waals surface area contributed by atoms with Crippen LogP contribution >= 0.6 is 0 Å². The highest BCUT2D eigenvalue weighted by Crippen LogP contribution is 2.23. The number of fused-ring (bicyclic) bond motifs is 1. The van der Waals surface area contributed by atoms with Crippen molar-refractivity contribution in [2.45, 2.75) is 44.9 Å². The minimum absolute atomic E-state index is 0.256. The van der Waals surface area contributed by atoms with Crippen LogP contribution in [0.5, 0.6) is 0 Å². The van der Waals surface area contributed by atoms with E-state index in [4.69, 9.17) is 10.5 Å². The Hall–Kier alpha value is -2.67. The molecule has 1 aliphatic rings. The molecule has 3 rings (SSSR count). The number of anilines is 1. The normalized spacial score (nSPS) is 20.2. The number of rotatable bonds is 2. The van der Waals surface area contributed by atoms with Crippen molar-refractivity contribution in [3.8, 4) is 0 Å². The molecule has 26 heavy (non-hydrogen) atoms. The Morgan fingerprint density at radius 1 is 1.31 bits per heavy atom. The number of benzene rings is 1. The van der Waals surface area contributed by atoms with Gasteiger partial charge in [-0.1, -0.05) is 18.2 Å². The van der Waals surface area contributed by atoms with Gasteiger partial charge in [-0.05, 0) is 39.3 Å². The molecule has 7 nitrogen and oxygen atoms in total. The zero-order valence-corrected chi connectivity index (χ0v) is 15.2. The molecule has 138 valence electrons. The Labute approximate surface area is 152 Å². The van der Waals surface area contributed by atoms with E-state index in [1.165, 1.54) is 4.90 Å². The van der Waals surface area contributed by atoms with Crippen LogP contribution in [0.25, 0.3) is 10.9 Å².